The fourth-order valence-electron chi connectivity index (χ4n) is 0.625. The molecule has 0 saturated carbocycles. The normalized spacial score (nSPS) is 12.1. The average molecular weight is 262 g/mol. The van der Waals surface area contributed by atoms with Crippen LogP contribution in [-0.4, -0.2) is 42.6 Å². The van der Waals surface area contributed by atoms with Gasteiger partial charge in [-0.2, -0.15) is 16.8 Å². The van der Waals surface area contributed by atoms with Crippen LogP contribution in [0.15, 0.2) is 0 Å². The van der Waals surface area contributed by atoms with E-state index in [9.17, 15) is 16.8 Å². The minimum absolute atomic E-state index is 0. The number of unbranched alkanes of at least 4 members (excludes halogenated alkanes) is 1. The van der Waals surface area contributed by atoms with Gasteiger partial charge in [0.25, 0.3) is 20.2 Å². The van der Waals surface area contributed by atoms with Crippen molar-refractivity contribution in [2.75, 3.05) is 25.7 Å². The lowest BCUT2D eigenvalue weighted by atomic mass is 10.3. The lowest BCUT2D eigenvalue weighted by Crippen LogP contribution is -2.07. The summed E-state index contributed by atoms with van der Waals surface area (Å²) >= 11 is 0. The lowest BCUT2D eigenvalue weighted by Gasteiger charge is -2.01. The molecule has 8 heteroatoms. The SMILES string of the molecule is C.CS(=O)(=O)OCCCCOS(C)(=O)=O. The predicted molar refractivity (Wildman–Crippen MR) is 57.6 cm³/mol. The molecule has 0 heterocycles. The zero-order valence-electron chi connectivity index (χ0n) is 8.09. The third-order valence-corrected chi connectivity index (χ3v) is 2.32. The van der Waals surface area contributed by atoms with E-state index in [0.29, 0.717) is 12.8 Å². The molecule has 0 spiro atoms. The van der Waals surface area contributed by atoms with Crippen molar-refractivity contribution in [1.29, 1.82) is 0 Å². The van der Waals surface area contributed by atoms with Crippen molar-refractivity contribution in [2.24, 2.45) is 0 Å². The van der Waals surface area contributed by atoms with Crippen LogP contribution in [0.2, 0.25) is 0 Å². The van der Waals surface area contributed by atoms with E-state index in [4.69, 9.17) is 0 Å². The fraction of sp³-hybridized carbons (Fsp3) is 1.00. The standard InChI is InChI=1S/C6H14O6S2.CH4/c1-13(7,8)11-5-3-4-6-12-14(2,9)10;/h3-6H2,1-2H3;1H4. The molecule has 0 unspecified atom stereocenters. The fourth-order valence-corrected chi connectivity index (χ4v) is 1.47. The smallest absolute Gasteiger partial charge is 0.264 e. The third-order valence-electron chi connectivity index (χ3n) is 1.13. The Labute approximate surface area is 91.8 Å². The Balaban J connectivity index is 0. The van der Waals surface area contributed by atoms with Crippen molar-refractivity contribution < 1.29 is 25.2 Å². The first kappa shape index (κ1) is 17.2. The van der Waals surface area contributed by atoms with E-state index in [-0.39, 0.29) is 20.6 Å². The second-order valence-corrected chi connectivity index (χ2v) is 6.05. The molecule has 0 aliphatic rings. The molecule has 0 N–H and O–H groups in total. The monoisotopic (exact) mass is 262 g/mol. The Bertz CT molecular complexity index is 306. The van der Waals surface area contributed by atoms with Crippen LogP contribution in [0.4, 0.5) is 0 Å². The van der Waals surface area contributed by atoms with E-state index < -0.39 is 20.2 Å². The minimum Gasteiger partial charge on any atom is -0.270 e. The van der Waals surface area contributed by atoms with Gasteiger partial charge in [-0.25, -0.2) is 0 Å². The highest BCUT2D eigenvalue weighted by atomic mass is 32.2. The molecule has 0 fully saturated rings. The van der Waals surface area contributed by atoms with Gasteiger partial charge in [-0.05, 0) is 12.8 Å². The average Bonchev–Trinajstić information content (AvgIpc) is 1.92. The van der Waals surface area contributed by atoms with Gasteiger partial charge in [0.2, 0.25) is 0 Å². The molecule has 0 aliphatic carbocycles. The van der Waals surface area contributed by atoms with Crippen LogP contribution in [-0.2, 0) is 28.6 Å². The van der Waals surface area contributed by atoms with E-state index in [1.165, 1.54) is 0 Å². The maximum Gasteiger partial charge on any atom is 0.264 e. The van der Waals surface area contributed by atoms with Crippen molar-refractivity contribution >= 4 is 20.2 Å². The summed E-state index contributed by atoms with van der Waals surface area (Å²) in [5.74, 6) is 0. The first-order valence-electron chi connectivity index (χ1n) is 3.89. The molecule has 0 rings (SSSR count). The molecule has 0 amide bonds. The quantitative estimate of drug-likeness (QED) is 0.486. The van der Waals surface area contributed by atoms with Crippen LogP contribution in [0.3, 0.4) is 0 Å². The summed E-state index contributed by atoms with van der Waals surface area (Å²) in [6.45, 7) is 0.0951. The van der Waals surface area contributed by atoms with Crippen molar-refractivity contribution in [3.05, 3.63) is 0 Å². The minimum atomic E-state index is -3.40. The van der Waals surface area contributed by atoms with Crippen LogP contribution < -0.4 is 0 Å². The highest BCUT2D eigenvalue weighted by Gasteiger charge is 2.02. The second kappa shape index (κ2) is 7.15. The van der Waals surface area contributed by atoms with Gasteiger partial charge in [0.05, 0.1) is 25.7 Å². The summed E-state index contributed by atoms with van der Waals surface area (Å²) in [5.41, 5.74) is 0. The Morgan fingerprint density at radius 1 is 0.800 bits per heavy atom. The molecule has 15 heavy (non-hydrogen) atoms. The van der Waals surface area contributed by atoms with E-state index in [1.807, 2.05) is 0 Å². The predicted octanol–water partition coefficient (Wildman–Crippen LogP) is 0.355. The van der Waals surface area contributed by atoms with Crippen LogP contribution in [0.5, 0.6) is 0 Å². The highest BCUT2D eigenvalue weighted by molar-refractivity contribution is 7.86. The first-order chi connectivity index (χ1) is 6.21. The summed E-state index contributed by atoms with van der Waals surface area (Å²) in [7, 11) is -6.80. The Morgan fingerprint density at radius 3 is 1.27 bits per heavy atom. The van der Waals surface area contributed by atoms with E-state index in [2.05, 4.69) is 8.37 Å². The summed E-state index contributed by atoms with van der Waals surface area (Å²) in [4.78, 5) is 0. The second-order valence-electron chi connectivity index (χ2n) is 2.76. The van der Waals surface area contributed by atoms with Crippen molar-refractivity contribution in [3.63, 3.8) is 0 Å². The summed E-state index contributed by atoms with van der Waals surface area (Å²) in [5, 5.41) is 0. The van der Waals surface area contributed by atoms with Gasteiger partial charge in [0, 0.05) is 0 Å². The molecule has 94 valence electrons. The van der Waals surface area contributed by atoms with Gasteiger partial charge in [-0.1, -0.05) is 7.43 Å². The van der Waals surface area contributed by atoms with Gasteiger partial charge in [0.1, 0.15) is 0 Å². The van der Waals surface area contributed by atoms with Gasteiger partial charge in [-0.3, -0.25) is 8.37 Å². The molecule has 0 radical (unpaired) electrons. The van der Waals surface area contributed by atoms with Gasteiger partial charge in [0.15, 0.2) is 0 Å². The lowest BCUT2D eigenvalue weighted by molar-refractivity contribution is 0.273. The maximum absolute atomic E-state index is 10.5. The zero-order chi connectivity index (χ0) is 11.2. The van der Waals surface area contributed by atoms with E-state index in [0.717, 1.165) is 12.5 Å². The van der Waals surface area contributed by atoms with Gasteiger partial charge < -0.3 is 0 Å². The number of rotatable bonds is 7. The van der Waals surface area contributed by atoms with Crippen molar-refractivity contribution in [2.45, 2.75) is 20.3 Å². The van der Waals surface area contributed by atoms with Crippen molar-refractivity contribution in [1.82, 2.24) is 0 Å². The van der Waals surface area contributed by atoms with Crippen LogP contribution >= 0.6 is 0 Å². The first-order valence-corrected chi connectivity index (χ1v) is 7.53. The Morgan fingerprint density at radius 2 is 1.07 bits per heavy atom. The number of hydrogen-bond donors (Lipinski definition) is 0. The van der Waals surface area contributed by atoms with Crippen LogP contribution in [0.1, 0.15) is 20.3 Å². The topological polar surface area (TPSA) is 86.7 Å². The maximum atomic E-state index is 10.5. The van der Waals surface area contributed by atoms with Crippen LogP contribution in [0.25, 0.3) is 0 Å². The molecule has 0 aromatic carbocycles. The molecule has 6 nitrogen and oxygen atoms in total. The molecule has 0 aliphatic heterocycles. The molecule has 0 aromatic rings. The Hall–Kier alpha value is -0.180. The molecule has 0 aromatic heterocycles. The van der Waals surface area contributed by atoms with E-state index >= 15 is 0 Å². The Kier molecular flexibility index (Phi) is 8.21. The molecular formula is C7H18O6S2. The third kappa shape index (κ3) is 16.5. The number of hydrogen-bond acceptors (Lipinski definition) is 6. The summed E-state index contributed by atoms with van der Waals surface area (Å²) < 4.78 is 50.8. The largest absolute Gasteiger partial charge is 0.270 e. The van der Waals surface area contributed by atoms with Gasteiger partial charge >= 0.3 is 0 Å². The van der Waals surface area contributed by atoms with Crippen molar-refractivity contribution in [3.8, 4) is 0 Å². The molecular weight excluding hydrogens is 244 g/mol. The summed E-state index contributed by atoms with van der Waals surface area (Å²) in [6.07, 6.45) is 2.78. The zero-order valence-corrected chi connectivity index (χ0v) is 9.73. The highest BCUT2D eigenvalue weighted by Crippen LogP contribution is 1.96. The molecule has 0 bridgehead atoms. The van der Waals surface area contributed by atoms with Gasteiger partial charge in [-0.15, -0.1) is 0 Å². The molecule has 0 saturated heterocycles. The molecule has 0 atom stereocenters. The van der Waals surface area contributed by atoms with Crippen LogP contribution in [0, 0.1) is 0 Å². The van der Waals surface area contributed by atoms with E-state index in [1.54, 1.807) is 0 Å². The summed E-state index contributed by atoms with van der Waals surface area (Å²) in [6, 6.07) is 0.